The average molecular weight is 379 g/mol. The second kappa shape index (κ2) is 7.56. The smallest absolute Gasteiger partial charge is 0.475 e. The van der Waals surface area contributed by atoms with E-state index in [-0.39, 0.29) is 0 Å². The summed E-state index contributed by atoms with van der Waals surface area (Å²) in [7, 11) is 0. The molecule has 2 heterocycles. The fourth-order valence-electron chi connectivity index (χ4n) is 2.36. The number of thiophene rings is 1. The van der Waals surface area contributed by atoms with E-state index in [9.17, 15) is 13.2 Å². The van der Waals surface area contributed by atoms with E-state index >= 15 is 0 Å². The number of hydrogen-bond donors (Lipinski definition) is 2. The Morgan fingerprint density at radius 2 is 1.96 bits per heavy atom. The lowest BCUT2D eigenvalue weighted by atomic mass is 9.97. The van der Waals surface area contributed by atoms with Crippen molar-refractivity contribution in [2.24, 2.45) is 0 Å². The van der Waals surface area contributed by atoms with Crippen LogP contribution in [0.4, 0.5) is 19.0 Å². The van der Waals surface area contributed by atoms with Gasteiger partial charge in [-0.2, -0.15) is 13.2 Å². The number of rotatable bonds is 2. The van der Waals surface area contributed by atoms with Crippen LogP contribution < -0.4 is 5.73 Å². The molecule has 2 aromatic heterocycles. The van der Waals surface area contributed by atoms with Gasteiger partial charge in [-0.05, 0) is 37.0 Å². The Balaban J connectivity index is 0.000000256. The van der Waals surface area contributed by atoms with Crippen molar-refractivity contribution in [3.05, 3.63) is 10.4 Å². The highest BCUT2D eigenvalue weighted by atomic mass is 32.2. The first-order chi connectivity index (χ1) is 11.2. The number of nitrogens with two attached hydrogens (primary N) is 1. The zero-order valence-electron chi connectivity index (χ0n) is 12.8. The number of fused-ring (bicyclic) bond motifs is 3. The summed E-state index contributed by atoms with van der Waals surface area (Å²) < 4.78 is 31.7. The molecule has 0 saturated carbocycles. The van der Waals surface area contributed by atoms with E-state index in [0.29, 0.717) is 5.82 Å². The molecule has 0 radical (unpaired) electrons. The largest absolute Gasteiger partial charge is 0.490 e. The monoisotopic (exact) mass is 379 g/mol. The maximum Gasteiger partial charge on any atom is 0.490 e. The van der Waals surface area contributed by atoms with Crippen LogP contribution in [0.15, 0.2) is 5.16 Å². The number of aromatic nitrogens is 2. The number of nitrogen functional groups attached to an aromatic ring is 1. The molecule has 3 rings (SSSR count). The number of carbonyl (C=O) groups is 1. The van der Waals surface area contributed by atoms with Gasteiger partial charge in [0, 0.05) is 4.88 Å². The third-order valence-corrected chi connectivity index (χ3v) is 5.25. The molecular weight excluding hydrogens is 363 g/mol. The summed E-state index contributed by atoms with van der Waals surface area (Å²) in [6.07, 6.45) is -0.192. The molecule has 0 fully saturated rings. The van der Waals surface area contributed by atoms with Gasteiger partial charge in [0.05, 0.1) is 5.39 Å². The second-order valence-electron chi connectivity index (χ2n) is 5.02. The third kappa shape index (κ3) is 4.29. The quantitative estimate of drug-likeness (QED) is 0.608. The van der Waals surface area contributed by atoms with Crippen molar-refractivity contribution in [2.75, 3.05) is 11.5 Å². The molecule has 0 saturated heterocycles. The number of carboxylic acid groups (broad SMARTS) is 1. The lowest BCUT2D eigenvalue weighted by Gasteiger charge is -2.10. The van der Waals surface area contributed by atoms with Crippen LogP contribution in [0, 0.1) is 0 Å². The van der Waals surface area contributed by atoms with E-state index in [2.05, 4.69) is 16.9 Å². The van der Waals surface area contributed by atoms with Gasteiger partial charge in [0.1, 0.15) is 10.6 Å². The van der Waals surface area contributed by atoms with Crippen LogP contribution in [0.1, 0.15) is 30.2 Å². The first-order valence-corrected chi connectivity index (χ1v) is 9.05. The molecule has 2 aromatic rings. The molecule has 1 aliphatic carbocycles. The Kier molecular flexibility index (Phi) is 5.92. The highest BCUT2D eigenvalue weighted by Gasteiger charge is 2.38. The summed E-state index contributed by atoms with van der Waals surface area (Å²) >= 11 is 3.46. The number of aryl methyl sites for hydroxylation is 2. The predicted molar refractivity (Wildman–Crippen MR) is 88.6 cm³/mol. The number of aliphatic carboxylic acids is 1. The summed E-state index contributed by atoms with van der Waals surface area (Å²) in [5.74, 6) is -1.10. The highest BCUT2D eigenvalue weighted by Crippen LogP contribution is 2.38. The van der Waals surface area contributed by atoms with Gasteiger partial charge in [0.2, 0.25) is 0 Å². The van der Waals surface area contributed by atoms with Gasteiger partial charge in [0.15, 0.2) is 5.16 Å². The van der Waals surface area contributed by atoms with E-state index in [4.69, 9.17) is 15.6 Å². The number of carboxylic acids is 1. The first kappa shape index (κ1) is 18.8. The summed E-state index contributed by atoms with van der Waals surface area (Å²) in [6, 6.07) is 0. The summed E-state index contributed by atoms with van der Waals surface area (Å²) in [6.45, 7) is 2.11. The zero-order chi connectivity index (χ0) is 17.9. The Bertz CT molecular complexity index is 747. The minimum atomic E-state index is -5.08. The van der Waals surface area contributed by atoms with Crippen LogP contribution in [0.5, 0.6) is 0 Å². The zero-order valence-corrected chi connectivity index (χ0v) is 14.4. The van der Waals surface area contributed by atoms with Gasteiger partial charge in [-0.3, -0.25) is 0 Å². The van der Waals surface area contributed by atoms with Crippen molar-refractivity contribution < 1.29 is 23.1 Å². The van der Waals surface area contributed by atoms with E-state index in [0.717, 1.165) is 27.5 Å². The maximum absolute atomic E-state index is 10.6. The fourth-order valence-corrected chi connectivity index (χ4v) is 4.26. The average Bonchev–Trinajstić information content (AvgIpc) is 2.85. The molecule has 5 nitrogen and oxygen atoms in total. The summed E-state index contributed by atoms with van der Waals surface area (Å²) in [4.78, 5) is 20.5. The van der Waals surface area contributed by atoms with Crippen molar-refractivity contribution >= 4 is 45.1 Å². The van der Waals surface area contributed by atoms with Crippen molar-refractivity contribution in [2.45, 2.75) is 43.9 Å². The summed E-state index contributed by atoms with van der Waals surface area (Å²) in [5, 5.41) is 9.07. The minimum absolute atomic E-state index is 0.672. The van der Waals surface area contributed by atoms with Crippen LogP contribution in [0.25, 0.3) is 10.2 Å². The van der Waals surface area contributed by atoms with Crippen molar-refractivity contribution in [1.29, 1.82) is 0 Å². The first-order valence-electron chi connectivity index (χ1n) is 7.24. The molecule has 0 unspecified atom stereocenters. The molecule has 24 heavy (non-hydrogen) atoms. The number of anilines is 1. The van der Waals surface area contributed by atoms with Gasteiger partial charge in [-0.25, -0.2) is 14.8 Å². The molecule has 10 heteroatoms. The molecule has 0 aromatic carbocycles. The molecule has 132 valence electrons. The lowest BCUT2D eigenvalue weighted by Crippen LogP contribution is -2.21. The molecule has 0 aliphatic heterocycles. The molecule has 0 spiro atoms. The second-order valence-corrected chi connectivity index (χ2v) is 7.33. The number of hydrogen-bond acceptors (Lipinski definition) is 6. The fraction of sp³-hybridized carbons (Fsp3) is 0.500. The topological polar surface area (TPSA) is 89.1 Å². The maximum atomic E-state index is 10.6. The van der Waals surface area contributed by atoms with Crippen LogP contribution in [0.2, 0.25) is 0 Å². The number of alkyl halides is 3. The Morgan fingerprint density at radius 1 is 1.33 bits per heavy atom. The highest BCUT2D eigenvalue weighted by molar-refractivity contribution is 7.99. The van der Waals surface area contributed by atoms with Crippen LogP contribution in [-0.4, -0.2) is 33.0 Å². The van der Waals surface area contributed by atoms with E-state index in [1.54, 1.807) is 11.8 Å². The molecule has 0 bridgehead atoms. The van der Waals surface area contributed by atoms with E-state index in [1.807, 2.05) is 11.3 Å². The molecule has 0 amide bonds. The van der Waals surface area contributed by atoms with Gasteiger partial charge >= 0.3 is 12.1 Å². The van der Waals surface area contributed by atoms with Crippen LogP contribution in [-0.2, 0) is 17.6 Å². The van der Waals surface area contributed by atoms with Crippen molar-refractivity contribution in [3.63, 3.8) is 0 Å². The van der Waals surface area contributed by atoms with Crippen molar-refractivity contribution in [1.82, 2.24) is 9.97 Å². The summed E-state index contributed by atoms with van der Waals surface area (Å²) in [5.41, 5.74) is 7.52. The minimum Gasteiger partial charge on any atom is -0.475 e. The van der Waals surface area contributed by atoms with Crippen LogP contribution in [0.3, 0.4) is 0 Å². The number of nitrogens with zero attached hydrogens (tertiary/aromatic N) is 2. The van der Waals surface area contributed by atoms with Gasteiger partial charge in [-0.1, -0.05) is 18.7 Å². The van der Waals surface area contributed by atoms with Crippen LogP contribution >= 0.6 is 23.1 Å². The Hall–Kier alpha value is -1.55. The molecule has 1 aliphatic rings. The van der Waals surface area contributed by atoms with E-state index in [1.165, 1.54) is 29.7 Å². The van der Waals surface area contributed by atoms with Gasteiger partial charge in [0.25, 0.3) is 0 Å². The lowest BCUT2D eigenvalue weighted by molar-refractivity contribution is -0.192. The Labute approximate surface area is 144 Å². The number of thioether (sulfide) groups is 1. The molecule has 3 N–H and O–H groups in total. The standard InChI is InChI=1S/C12H15N3S2.C2HF3O2/c1-2-16-12-14-10(13)9-7-5-3-4-6-8(7)17-11(9)15-12;3-2(4,5)1(6)7/h2-6H2,1H3,(H2,13,14,15);(H,6,7). The number of halogens is 3. The van der Waals surface area contributed by atoms with Gasteiger partial charge < -0.3 is 10.8 Å². The van der Waals surface area contributed by atoms with E-state index < -0.39 is 12.1 Å². The molecule has 0 atom stereocenters. The normalized spacial score (nSPS) is 14.0. The van der Waals surface area contributed by atoms with Gasteiger partial charge in [-0.15, -0.1) is 11.3 Å². The predicted octanol–water partition coefficient (Wildman–Crippen LogP) is 3.90. The van der Waals surface area contributed by atoms with Crippen molar-refractivity contribution in [3.8, 4) is 0 Å². The Morgan fingerprint density at radius 3 is 2.54 bits per heavy atom. The molecular formula is C14H16F3N3O2S2. The SMILES string of the molecule is CCSc1nc(N)c2c3c(sc2n1)CCCC3.O=C(O)C(F)(F)F. The third-order valence-electron chi connectivity index (χ3n) is 3.34.